The van der Waals surface area contributed by atoms with Gasteiger partial charge in [-0.25, -0.2) is 12.7 Å². The number of thiophene rings is 1. The van der Waals surface area contributed by atoms with Crippen LogP contribution in [0.5, 0.6) is 17.2 Å². The molecule has 0 saturated carbocycles. The second-order valence-electron chi connectivity index (χ2n) is 9.42. The largest absolute Gasteiger partial charge is 0.508 e. The molecule has 1 fully saturated rings. The lowest BCUT2D eigenvalue weighted by atomic mass is 9.97. The van der Waals surface area contributed by atoms with E-state index in [9.17, 15) is 23.4 Å². The Balaban J connectivity index is 1.35. The average molecular weight is 552 g/mol. The number of hydrogen-bond acceptors (Lipinski definition) is 7. The number of hydrogen-bond donors (Lipinski definition) is 2. The number of aromatic hydroxyl groups is 2. The Morgan fingerprint density at radius 2 is 1.63 bits per heavy atom. The van der Waals surface area contributed by atoms with Crippen molar-refractivity contribution in [3.05, 3.63) is 77.9 Å². The zero-order chi connectivity index (χ0) is 26.9. The predicted octanol–water partition coefficient (Wildman–Crippen LogP) is 5.79. The molecule has 3 aromatic carbocycles. The van der Waals surface area contributed by atoms with Crippen LogP contribution in [0.3, 0.4) is 0 Å². The van der Waals surface area contributed by atoms with E-state index in [1.165, 1.54) is 11.3 Å². The molecule has 0 amide bonds. The SMILES string of the molecule is CCCS(=O)(=O)N1CCC(Oc2ccc(C(=O)c3c(-c4ccc(O)cc4)sc4cc(O)ccc34)cc2)CC1. The first kappa shape index (κ1) is 26.2. The van der Waals surface area contributed by atoms with Gasteiger partial charge in [-0.1, -0.05) is 6.92 Å². The lowest BCUT2D eigenvalue weighted by Gasteiger charge is -2.31. The minimum atomic E-state index is -3.20. The Hall–Kier alpha value is -3.40. The molecule has 2 N–H and O–H groups in total. The predicted molar refractivity (Wildman–Crippen MR) is 150 cm³/mol. The van der Waals surface area contributed by atoms with Crippen molar-refractivity contribution in [3.8, 4) is 27.7 Å². The van der Waals surface area contributed by atoms with Crippen molar-refractivity contribution >= 4 is 37.2 Å². The summed E-state index contributed by atoms with van der Waals surface area (Å²) in [6.07, 6.45) is 1.75. The minimum absolute atomic E-state index is 0.0841. The number of piperidine rings is 1. The van der Waals surface area contributed by atoms with Crippen molar-refractivity contribution in [2.24, 2.45) is 0 Å². The Kier molecular flexibility index (Phi) is 7.43. The first-order valence-electron chi connectivity index (χ1n) is 12.6. The van der Waals surface area contributed by atoms with E-state index in [1.54, 1.807) is 71.0 Å². The molecule has 0 bridgehead atoms. The Morgan fingerprint density at radius 3 is 2.29 bits per heavy atom. The van der Waals surface area contributed by atoms with E-state index < -0.39 is 10.0 Å². The van der Waals surface area contributed by atoms with Crippen LogP contribution in [-0.2, 0) is 10.0 Å². The van der Waals surface area contributed by atoms with Crippen molar-refractivity contribution in [1.82, 2.24) is 4.31 Å². The van der Waals surface area contributed by atoms with E-state index in [2.05, 4.69) is 0 Å². The van der Waals surface area contributed by atoms with Crippen LogP contribution >= 0.6 is 11.3 Å². The number of rotatable bonds is 8. The number of phenols is 2. The molecule has 0 aliphatic carbocycles. The van der Waals surface area contributed by atoms with Gasteiger partial charge in [-0.2, -0.15) is 0 Å². The third-order valence-corrected chi connectivity index (χ3v) is 9.98. The molecule has 5 rings (SSSR count). The summed E-state index contributed by atoms with van der Waals surface area (Å²) in [6, 6.07) is 18.7. The number of sulfonamides is 1. The van der Waals surface area contributed by atoms with Gasteiger partial charge in [-0.3, -0.25) is 4.79 Å². The molecular formula is C29H29NO6S2. The van der Waals surface area contributed by atoms with Crippen LogP contribution in [0, 0.1) is 0 Å². The highest BCUT2D eigenvalue weighted by atomic mass is 32.2. The molecular weight excluding hydrogens is 522 g/mol. The van der Waals surface area contributed by atoms with Gasteiger partial charge in [-0.15, -0.1) is 11.3 Å². The first-order valence-corrected chi connectivity index (χ1v) is 15.0. The van der Waals surface area contributed by atoms with Gasteiger partial charge in [0.2, 0.25) is 10.0 Å². The summed E-state index contributed by atoms with van der Waals surface area (Å²) in [5, 5.41) is 20.4. The van der Waals surface area contributed by atoms with Crippen molar-refractivity contribution < 1.29 is 28.2 Å². The second-order valence-corrected chi connectivity index (χ2v) is 12.6. The zero-order valence-electron chi connectivity index (χ0n) is 21.0. The third-order valence-electron chi connectivity index (χ3n) is 6.71. The van der Waals surface area contributed by atoms with Crippen LogP contribution in [-0.4, -0.2) is 53.7 Å². The van der Waals surface area contributed by atoms with Gasteiger partial charge in [0, 0.05) is 39.2 Å². The molecule has 0 atom stereocenters. The van der Waals surface area contributed by atoms with E-state index in [-0.39, 0.29) is 29.1 Å². The monoisotopic (exact) mass is 551 g/mol. The van der Waals surface area contributed by atoms with E-state index in [4.69, 9.17) is 4.74 Å². The lowest BCUT2D eigenvalue weighted by Crippen LogP contribution is -2.42. The summed E-state index contributed by atoms with van der Waals surface area (Å²) >= 11 is 1.42. The average Bonchev–Trinajstić information content (AvgIpc) is 3.28. The number of fused-ring (bicyclic) bond motifs is 1. The summed E-state index contributed by atoms with van der Waals surface area (Å²) in [7, 11) is -3.20. The molecule has 1 aliphatic heterocycles. The number of ketones is 1. The molecule has 0 spiro atoms. The summed E-state index contributed by atoms with van der Waals surface area (Å²) in [5.41, 5.74) is 1.86. The first-order chi connectivity index (χ1) is 18.2. The quantitative estimate of drug-likeness (QED) is 0.269. The number of nitrogens with zero attached hydrogens (tertiary/aromatic N) is 1. The van der Waals surface area contributed by atoms with Gasteiger partial charge < -0.3 is 14.9 Å². The fraction of sp³-hybridized carbons (Fsp3) is 0.276. The van der Waals surface area contributed by atoms with Crippen molar-refractivity contribution in [2.45, 2.75) is 32.3 Å². The molecule has 4 aromatic rings. The van der Waals surface area contributed by atoms with Crippen LogP contribution in [0.2, 0.25) is 0 Å². The minimum Gasteiger partial charge on any atom is -0.508 e. The van der Waals surface area contributed by atoms with E-state index >= 15 is 0 Å². The zero-order valence-corrected chi connectivity index (χ0v) is 22.6. The smallest absolute Gasteiger partial charge is 0.214 e. The molecule has 2 heterocycles. The summed E-state index contributed by atoms with van der Waals surface area (Å²) in [6.45, 7) is 2.76. The molecule has 1 saturated heterocycles. The Bertz CT molecular complexity index is 1550. The molecule has 38 heavy (non-hydrogen) atoms. The second kappa shape index (κ2) is 10.8. The maximum atomic E-state index is 13.7. The van der Waals surface area contributed by atoms with Crippen molar-refractivity contribution in [3.63, 3.8) is 0 Å². The van der Waals surface area contributed by atoms with Gasteiger partial charge in [0.05, 0.1) is 5.75 Å². The van der Waals surface area contributed by atoms with Gasteiger partial charge in [0.1, 0.15) is 23.4 Å². The highest BCUT2D eigenvalue weighted by molar-refractivity contribution is 7.89. The number of benzene rings is 3. The van der Waals surface area contributed by atoms with Crippen LogP contribution in [0.25, 0.3) is 20.5 Å². The summed E-state index contributed by atoms with van der Waals surface area (Å²) < 4.78 is 33.1. The summed E-state index contributed by atoms with van der Waals surface area (Å²) in [4.78, 5) is 14.5. The molecule has 7 nitrogen and oxygen atoms in total. The van der Waals surface area contributed by atoms with E-state index in [1.807, 2.05) is 6.92 Å². The number of phenolic OH excluding ortho intramolecular Hbond substituents is 2. The van der Waals surface area contributed by atoms with Gasteiger partial charge in [0.25, 0.3) is 0 Å². The van der Waals surface area contributed by atoms with Crippen LogP contribution < -0.4 is 4.74 Å². The van der Waals surface area contributed by atoms with Gasteiger partial charge in [-0.05, 0) is 91.6 Å². The number of carbonyl (C=O) groups is 1. The number of ether oxygens (including phenoxy) is 1. The Labute approximate surface area is 226 Å². The highest BCUT2D eigenvalue weighted by Gasteiger charge is 2.28. The van der Waals surface area contributed by atoms with Crippen LogP contribution in [0.1, 0.15) is 42.1 Å². The lowest BCUT2D eigenvalue weighted by molar-refractivity contribution is 0.104. The normalized spacial score (nSPS) is 15.1. The van der Waals surface area contributed by atoms with Crippen molar-refractivity contribution in [2.75, 3.05) is 18.8 Å². The number of carbonyl (C=O) groups excluding carboxylic acids is 1. The maximum Gasteiger partial charge on any atom is 0.214 e. The molecule has 1 aliphatic rings. The molecule has 1 aromatic heterocycles. The highest BCUT2D eigenvalue weighted by Crippen LogP contribution is 2.41. The van der Waals surface area contributed by atoms with Crippen LogP contribution in [0.15, 0.2) is 66.7 Å². The fourth-order valence-corrected chi connectivity index (χ4v) is 7.54. The molecule has 198 valence electrons. The molecule has 0 unspecified atom stereocenters. The standard InChI is InChI=1S/C29H29NO6S2/c1-2-17-38(34,35)30-15-13-24(14-16-30)36-23-10-5-19(6-11-23)28(33)27-25-12-9-22(32)18-26(25)37-29(27)20-3-7-21(31)8-4-20/h3-12,18,24,31-32H,2,13-17H2,1H3. The Morgan fingerprint density at radius 1 is 0.974 bits per heavy atom. The topological polar surface area (TPSA) is 104 Å². The van der Waals surface area contributed by atoms with Crippen LogP contribution in [0.4, 0.5) is 0 Å². The van der Waals surface area contributed by atoms with E-state index in [0.717, 1.165) is 20.5 Å². The summed E-state index contributed by atoms with van der Waals surface area (Å²) in [5.74, 6) is 0.930. The van der Waals surface area contributed by atoms with Gasteiger partial charge >= 0.3 is 0 Å². The molecule has 9 heteroatoms. The van der Waals surface area contributed by atoms with Gasteiger partial charge in [0.15, 0.2) is 5.78 Å². The third kappa shape index (κ3) is 5.41. The maximum absolute atomic E-state index is 13.7. The van der Waals surface area contributed by atoms with E-state index in [0.29, 0.717) is 49.2 Å². The van der Waals surface area contributed by atoms with Crippen molar-refractivity contribution in [1.29, 1.82) is 0 Å². The fourth-order valence-electron chi connectivity index (χ4n) is 4.76. The molecule has 0 radical (unpaired) electrons.